The van der Waals surface area contributed by atoms with E-state index in [0.29, 0.717) is 4.88 Å². The molecule has 1 aliphatic rings. The summed E-state index contributed by atoms with van der Waals surface area (Å²) in [4.78, 5) is 0.627. The van der Waals surface area contributed by atoms with Crippen LogP contribution in [0.5, 0.6) is 0 Å². The molecule has 1 aromatic rings. The van der Waals surface area contributed by atoms with E-state index in [2.05, 4.69) is 5.10 Å². The van der Waals surface area contributed by atoms with Crippen molar-refractivity contribution in [3.8, 4) is 0 Å². The summed E-state index contributed by atoms with van der Waals surface area (Å²) in [6.45, 7) is 0. The molecule has 0 saturated carbocycles. The number of hydrazone groups is 1. The van der Waals surface area contributed by atoms with Gasteiger partial charge in [-0.15, -0.1) is 11.3 Å². The van der Waals surface area contributed by atoms with Gasteiger partial charge < -0.3 is 5.11 Å². The van der Waals surface area contributed by atoms with Crippen LogP contribution in [0.25, 0.3) is 0 Å². The quantitative estimate of drug-likeness (QED) is 0.779. The lowest BCUT2D eigenvalue weighted by atomic mass is 10.1. The summed E-state index contributed by atoms with van der Waals surface area (Å²) in [6.07, 6.45) is -5.29. The number of thiophene rings is 1. The van der Waals surface area contributed by atoms with Crippen molar-refractivity contribution in [1.82, 2.24) is 5.43 Å². The second-order valence-electron chi connectivity index (χ2n) is 3.18. The number of nitrogens with one attached hydrogen (secondary N) is 1. The first kappa shape index (κ1) is 10.4. The molecule has 0 fully saturated rings. The molecule has 1 aromatic heterocycles. The molecule has 0 radical (unpaired) electrons. The van der Waals surface area contributed by atoms with Crippen LogP contribution < -0.4 is 5.43 Å². The molecule has 7 heteroatoms. The topological polar surface area (TPSA) is 44.6 Å². The summed E-state index contributed by atoms with van der Waals surface area (Å²) >= 11 is 1.28. The van der Waals surface area contributed by atoms with Gasteiger partial charge in [0, 0.05) is 0 Å². The maximum Gasteiger partial charge on any atom is 0.438 e. The van der Waals surface area contributed by atoms with Crippen LogP contribution in [0.1, 0.15) is 11.3 Å². The molecule has 0 aromatic carbocycles. The molecule has 2 N–H and O–H groups in total. The van der Waals surface area contributed by atoms with E-state index < -0.39 is 18.3 Å². The highest BCUT2D eigenvalue weighted by Gasteiger charge is 2.57. The summed E-state index contributed by atoms with van der Waals surface area (Å²) in [7, 11) is 0. The molecule has 0 saturated heterocycles. The van der Waals surface area contributed by atoms with Gasteiger partial charge in [-0.1, -0.05) is 6.07 Å². The Balaban J connectivity index is 2.18. The molecule has 1 aliphatic heterocycles. The van der Waals surface area contributed by atoms with Crippen molar-refractivity contribution < 1.29 is 18.3 Å². The highest BCUT2D eigenvalue weighted by atomic mass is 32.1. The molecule has 0 spiro atoms. The Morgan fingerprint density at radius 3 is 2.73 bits per heavy atom. The highest BCUT2D eigenvalue weighted by molar-refractivity contribution is 7.12. The molecule has 82 valence electrons. The fourth-order valence-corrected chi connectivity index (χ4v) is 1.94. The Morgan fingerprint density at radius 2 is 2.27 bits per heavy atom. The fourth-order valence-electron chi connectivity index (χ4n) is 1.23. The van der Waals surface area contributed by atoms with Gasteiger partial charge in [0.1, 0.15) is 0 Å². The van der Waals surface area contributed by atoms with E-state index in [1.165, 1.54) is 11.3 Å². The van der Waals surface area contributed by atoms with E-state index in [-0.39, 0.29) is 5.71 Å². The van der Waals surface area contributed by atoms with Crippen molar-refractivity contribution >= 4 is 17.0 Å². The largest absolute Gasteiger partial charge is 0.438 e. The number of hydrogen-bond acceptors (Lipinski definition) is 4. The third kappa shape index (κ3) is 1.72. The van der Waals surface area contributed by atoms with Gasteiger partial charge in [-0.3, -0.25) is 5.43 Å². The third-order valence-corrected chi connectivity index (χ3v) is 2.99. The normalized spacial score (nSPS) is 26.3. The predicted molar refractivity (Wildman–Crippen MR) is 49.6 cm³/mol. The van der Waals surface area contributed by atoms with E-state index in [4.69, 9.17) is 0 Å². The summed E-state index contributed by atoms with van der Waals surface area (Å²) in [5, 5.41) is 14.5. The molecule has 2 rings (SSSR count). The SMILES string of the molecule is O[C@@]1(C(F)(F)F)CC(c2cccs2)=NN1. The maximum absolute atomic E-state index is 12.4. The Morgan fingerprint density at radius 1 is 1.53 bits per heavy atom. The summed E-state index contributed by atoms with van der Waals surface area (Å²) in [5.74, 6) is 0. The summed E-state index contributed by atoms with van der Waals surface area (Å²) in [5.41, 5.74) is -0.961. The van der Waals surface area contributed by atoms with Gasteiger partial charge in [-0.25, -0.2) is 0 Å². The first-order valence-electron chi connectivity index (χ1n) is 4.09. The molecule has 0 amide bonds. The number of aliphatic hydroxyl groups is 1. The fraction of sp³-hybridized carbons (Fsp3) is 0.375. The van der Waals surface area contributed by atoms with Crippen molar-refractivity contribution in [1.29, 1.82) is 0 Å². The van der Waals surface area contributed by atoms with Crippen LogP contribution in [-0.4, -0.2) is 22.7 Å². The van der Waals surface area contributed by atoms with E-state index in [1.807, 2.05) is 0 Å². The van der Waals surface area contributed by atoms with Gasteiger partial charge >= 0.3 is 6.18 Å². The molecule has 1 atom stereocenters. The van der Waals surface area contributed by atoms with Crippen molar-refractivity contribution in [2.75, 3.05) is 0 Å². The number of rotatable bonds is 1. The number of hydrogen-bond donors (Lipinski definition) is 2. The average molecular weight is 236 g/mol. The van der Waals surface area contributed by atoms with Gasteiger partial charge in [-0.2, -0.15) is 18.3 Å². The van der Waals surface area contributed by atoms with Crippen molar-refractivity contribution in [2.24, 2.45) is 5.10 Å². The summed E-state index contributed by atoms with van der Waals surface area (Å²) < 4.78 is 37.1. The highest BCUT2D eigenvalue weighted by Crippen LogP contribution is 2.35. The van der Waals surface area contributed by atoms with Gasteiger partial charge in [0.25, 0.3) is 5.72 Å². The van der Waals surface area contributed by atoms with Crippen molar-refractivity contribution in [3.63, 3.8) is 0 Å². The van der Waals surface area contributed by atoms with Crippen LogP contribution in [0.4, 0.5) is 13.2 Å². The van der Waals surface area contributed by atoms with Crippen molar-refractivity contribution in [3.05, 3.63) is 22.4 Å². The number of halogens is 3. The van der Waals surface area contributed by atoms with Crippen LogP contribution in [0.2, 0.25) is 0 Å². The Bertz CT molecular complexity index is 387. The molecule has 3 nitrogen and oxygen atoms in total. The molecular formula is C8H7F3N2OS. The van der Waals surface area contributed by atoms with Crippen LogP contribution in [0.15, 0.2) is 22.6 Å². The Hall–Kier alpha value is -1.08. The minimum Gasteiger partial charge on any atom is -0.362 e. The van der Waals surface area contributed by atoms with Crippen LogP contribution in [0, 0.1) is 0 Å². The maximum atomic E-state index is 12.4. The van der Waals surface area contributed by atoms with Gasteiger partial charge in [-0.05, 0) is 11.4 Å². The lowest BCUT2D eigenvalue weighted by Gasteiger charge is -2.24. The lowest BCUT2D eigenvalue weighted by molar-refractivity contribution is -0.266. The first-order valence-corrected chi connectivity index (χ1v) is 4.97. The van der Waals surface area contributed by atoms with Gasteiger partial charge in [0.2, 0.25) is 0 Å². The zero-order valence-electron chi connectivity index (χ0n) is 7.38. The van der Waals surface area contributed by atoms with E-state index in [9.17, 15) is 18.3 Å². The predicted octanol–water partition coefficient (Wildman–Crippen LogP) is 1.70. The van der Waals surface area contributed by atoms with Gasteiger partial charge in [0.05, 0.1) is 17.0 Å². The van der Waals surface area contributed by atoms with Crippen molar-refractivity contribution in [2.45, 2.75) is 18.3 Å². The monoisotopic (exact) mass is 236 g/mol. The molecule has 15 heavy (non-hydrogen) atoms. The molecule has 0 unspecified atom stereocenters. The molecule has 2 heterocycles. The second-order valence-corrected chi connectivity index (χ2v) is 4.13. The van der Waals surface area contributed by atoms with Crippen LogP contribution in [-0.2, 0) is 0 Å². The number of nitrogens with zero attached hydrogens (tertiary/aromatic N) is 1. The Labute approximate surface area is 87.2 Å². The minimum absolute atomic E-state index is 0.227. The lowest BCUT2D eigenvalue weighted by Crippen LogP contribution is -2.52. The Kier molecular flexibility index (Phi) is 2.23. The zero-order chi connectivity index (χ0) is 11.1. The smallest absolute Gasteiger partial charge is 0.362 e. The standard InChI is InChI=1S/C8H7F3N2OS/c9-8(10,11)7(14)4-5(12-13-7)6-2-1-3-15-6/h1-3,13-14H,4H2/t7-/m1/s1. The molecule has 0 bridgehead atoms. The van der Waals surface area contributed by atoms with Crippen LogP contribution in [0.3, 0.4) is 0 Å². The average Bonchev–Trinajstić information content (AvgIpc) is 2.70. The van der Waals surface area contributed by atoms with E-state index >= 15 is 0 Å². The van der Waals surface area contributed by atoms with E-state index in [0.717, 1.165) is 0 Å². The molecular weight excluding hydrogens is 229 g/mol. The second kappa shape index (κ2) is 3.21. The zero-order valence-corrected chi connectivity index (χ0v) is 8.19. The number of alkyl halides is 3. The minimum atomic E-state index is -4.73. The van der Waals surface area contributed by atoms with Gasteiger partial charge in [0.15, 0.2) is 0 Å². The molecule has 0 aliphatic carbocycles. The third-order valence-electron chi connectivity index (χ3n) is 2.07. The first-order chi connectivity index (χ1) is 6.92. The summed E-state index contributed by atoms with van der Waals surface area (Å²) in [6, 6.07) is 3.38. The van der Waals surface area contributed by atoms with Crippen LogP contribution >= 0.6 is 11.3 Å². The van der Waals surface area contributed by atoms with E-state index in [1.54, 1.807) is 22.9 Å².